The van der Waals surface area contributed by atoms with Crippen LogP contribution in [0.2, 0.25) is 0 Å². The Hall–Kier alpha value is -5.94. The average molecular weight is 553 g/mol. The Balaban J connectivity index is 1.28. The third-order valence-corrected chi connectivity index (χ3v) is 7.60. The summed E-state index contributed by atoms with van der Waals surface area (Å²) in [5.41, 5.74) is 8.57. The standard InChI is InChI=1S/C38H24N4O/c1-4-11-25(12-5-1)28-17-10-18-29(23-28)30-19-20-31-33(24-30)43-32-21-22-39-35(34(31)32)38-41-36(26-13-6-2-7-14-26)40-37(42-38)27-15-8-3-9-16-27/h1-24H. The van der Waals surface area contributed by atoms with Gasteiger partial charge in [0, 0.05) is 22.7 Å². The summed E-state index contributed by atoms with van der Waals surface area (Å²) in [7, 11) is 0. The largest absolute Gasteiger partial charge is 0.456 e. The molecule has 202 valence electrons. The Kier molecular flexibility index (Phi) is 6.05. The van der Waals surface area contributed by atoms with Crippen molar-refractivity contribution in [2.75, 3.05) is 0 Å². The maximum atomic E-state index is 6.41. The molecule has 0 aliphatic heterocycles. The van der Waals surface area contributed by atoms with Crippen LogP contribution in [-0.2, 0) is 0 Å². The second kappa shape index (κ2) is 10.5. The van der Waals surface area contributed by atoms with Gasteiger partial charge < -0.3 is 4.42 Å². The number of fused-ring (bicyclic) bond motifs is 3. The molecule has 5 aromatic carbocycles. The van der Waals surface area contributed by atoms with Gasteiger partial charge in [-0.05, 0) is 46.5 Å². The van der Waals surface area contributed by atoms with E-state index in [4.69, 9.17) is 24.4 Å². The van der Waals surface area contributed by atoms with Gasteiger partial charge in [-0.2, -0.15) is 0 Å². The molecular formula is C38H24N4O. The van der Waals surface area contributed by atoms with Gasteiger partial charge >= 0.3 is 0 Å². The van der Waals surface area contributed by atoms with E-state index < -0.39 is 0 Å². The van der Waals surface area contributed by atoms with Crippen molar-refractivity contribution in [3.63, 3.8) is 0 Å². The third kappa shape index (κ3) is 4.63. The van der Waals surface area contributed by atoms with E-state index in [0.29, 0.717) is 23.2 Å². The quantitative estimate of drug-likeness (QED) is 0.213. The van der Waals surface area contributed by atoms with Crippen LogP contribution in [0.25, 0.3) is 78.5 Å². The monoisotopic (exact) mass is 552 g/mol. The van der Waals surface area contributed by atoms with Crippen LogP contribution in [-0.4, -0.2) is 19.9 Å². The van der Waals surface area contributed by atoms with Crippen LogP contribution >= 0.6 is 0 Å². The highest BCUT2D eigenvalue weighted by atomic mass is 16.3. The molecule has 43 heavy (non-hydrogen) atoms. The van der Waals surface area contributed by atoms with Crippen molar-refractivity contribution < 1.29 is 4.42 Å². The molecule has 3 heterocycles. The smallest absolute Gasteiger partial charge is 0.183 e. The number of aromatic nitrogens is 4. The molecule has 3 aromatic heterocycles. The number of benzene rings is 5. The Bertz CT molecular complexity index is 2170. The van der Waals surface area contributed by atoms with Gasteiger partial charge in [-0.15, -0.1) is 0 Å². The molecule has 5 nitrogen and oxygen atoms in total. The SMILES string of the molecule is c1ccc(-c2cccc(-c3ccc4c(c3)oc3ccnc(-c5nc(-c6ccccc6)nc(-c6ccccc6)n5)c34)c2)cc1. The molecule has 0 saturated carbocycles. The highest BCUT2D eigenvalue weighted by molar-refractivity contribution is 6.11. The molecule has 8 rings (SSSR count). The van der Waals surface area contributed by atoms with Crippen LogP contribution in [0.3, 0.4) is 0 Å². The summed E-state index contributed by atoms with van der Waals surface area (Å²) < 4.78 is 6.41. The second-order valence-corrected chi connectivity index (χ2v) is 10.3. The van der Waals surface area contributed by atoms with Gasteiger partial charge in [0.05, 0.1) is 5.39 Å². The lowest BCUT2D eigenvalue weighted by atomic mass is 9.98. The molecule has 8 aromatic rings. The number of pyridine rings is 1. The molecule has 0 unspecified atom stereocenters. The first-order valence-electron chi connectivity index (χ1n) is 14.1. The Morgan fingerprint density at radius 3 is 1.58 bits per heavy atom. The lowest BCUT2D eigenvalue weighted by Gasteiger charge is -2.08. The molecule has 0 aliphatic rings. The zero-order chi connectivity index (χ0) is 28.6. The third-order valence-electron chi connectivity index (χ3n) is 7.60. The van der Waals surface area contributed by atoms with E-state index in [2.05, 4.69) is 66.7 Å². The molecule has 0 saturated heterocycles. The van der Waals surface area contributed by atoms with Gasteiger partial charge in [0.15, 0.2) is 17.5 Å². The van der Waals surface area contributed by atoms with Crippen molar-refractivity contribution in [1.29, 1.82) is 0 Å². The minimum Gasteiger partial charge on any atom is -0.456 e. The van der Waals surface area contributed by atoms with E-state index in [1.165, 1.54) is 11.1 Å². The molecular weight excluding hydrogens is 528 g/mol. The lowest BCUT2D eigenvalue weighted by Crippen LogP contribution is -2.01. The van der Waals surface area contributed by atoms with E-state index in [-0.39, 0.29) is 0 Å². The fraction of sp³-hybridized carbons (Fsp3) is 0. The van der Waals surface area contributed by atoms with Crippen LogP contribution in [0, 0.1) is 0 Å². The van der Waals surface area contributed by atoms with Gasteiger partial charge in [0.1, 0.15) is 16.9 Å². The lowest BCUT2D eigenvalue weighted by molar-refractivity contribution is 0.668. The van der Waals surface area contributed by atoms with Crippen molar-refractivity contribution in [2.24, 2.45) is 0 Å². The molecule has 0 atom stereocenters. The Morgan fingerprint density at radius 2 is 0.930 bits per heavy atom. The van der Waals surface area contributed by atoms with Gasteiger partial charge in [0.2, 0.25) is 0 Å². The summed E-state index contributed by atoms with van der Waals surface area (Å²) in [5.74, 6) is 1.69. The Morgan fingerprint density at radius 1 is 0.395 bits per heavy atom. The van der Waals surface area contributed by atoms with Crippen molar-refractivity contribution in [1.82, 2.24) is 19.9 Å². The molecule has 0 spiro atoms. The second-order valence-electron chi connectivity index (χ2n) is 10.3. The summed E-state index contributed by atoms with van der Waals surface area (Å²) in [4.78, 5) is 19.4. The molecule has 5 heteroatoms. The topological polar surface area (TPSA) is 64.7 Å². The fourth-order valence-electron chi connectivity index (χ4n) is 5.49. The van der Waals surface area contributed by atoms with Gasteiger partial charge in [-0.1, -0.05) is 115 Å². The molecule has 0 amide bonds. The zero-order valence-electron chi connectivity index (χ0n) is 23.1. The summed E-state index contributed by atoms with van der Waals surface area (Å²) in [6, 6.07) is 47.1. The van der Waals surface area contributed by atoms with Crippen LogP contribution in [0.15, 0.2) is 150 Å². The summed E-state index contributed by atoms with van der Waals surface area (Å²) in [6.45, 7) is 0. The normalized spacial score (nSPS) is 11.3. The summed E-state index contributed by atoms with van der Waals surface area (Å²) in [5, 5.41) is 1.84. The van der Waals surface area contributed by atoms with Gasteiger partial charge in [-0.3, -0.25) is 4.98 Å². The number of nitrogens with zero attached hydrogens (tertiary/aromatic N) is 4. The first-order chi connectivity index (χ1) is 21.3. The molecule has 0 radical (unpaired) electrons. The van der Waals surface area contributed by atoms with Crippen molar-refractivity contribution in [2.45, 2.75) is 0 Å². The maximum Gasteiger partial charge on any atom is 0.183 e. The first-order valence-corrected chi connectivity index (χ1v) is 14.1. The number of hydrogen-bond donors (Lipinski definition) is 0. The summed E-state index contributed by atoms with van der Waals surface area (Å²) >= 11 is 0. The number of furan rings is 1. The average Bonchev–Trinajstić information content (AvgIpc) is 3.47. The Labute approximate surface area is 248 Å². The molecule has 0 aliphatic carbocycles. The molecule has 0 fully saturated rings. The van der Waals surface area contributed by atoms with E-state index in [9.17, 15) is 0 Å². The molecule has 0 N–H and O–H groups in total. The highest BCUT2D eigenvalue weighted by Gasteiger charge is 2.19. The van der Waals surface area contributed by atoms with E-state index >= 15 is 0 Å². The highest BCUT2D eigenvalue weighted by Crippen LogP contribution is 2.37. The zero-order valence-corrected chi connectivity index (χ0v) is 23.1. The maximum absolute atomic E-state index is 6.41. The van der Waals surface area contributed by atoms with Crippen LogP contribution in [0.5, 0.6) is 0 Å². The van der Waals surface area contributed by atoms with Crippen molar-refractivity contribution >= 4 is 21.9 Å². The van der Waals surface area contributed by atoms with Crippen LogP contribution in [0.4, 0.5) is 0 Å². The fourth-order valence-corrected chi connectivity index (χ4v) is 5.49. The minimum atomic E-state index is 0.501. The predicted molar refractivity (Wildman–Crippen MR) is 172 cm³/mol. The first kappa shape index (κ1) is 24.8. The predicted octanol–water partition coefficient (Wildman–Crippen LogP) is 9.50. The number of hydrogen-bond acceptors (Lipinski definition) is 5. The van der Waals surface area contributed by atoms with E-state index in [1.807, 2.05) is 72.8 Å². The molecule has 0 bridgehead atoms. The van der Waals surface area contributed by atoms with Crippen LogP contribution in [0.1, 0.15) is 0 Å². The minimum absolute atomic E-state index is 0.501. The van der Waals surface area contributed by atoms with Crippen LogP contribution < -0.4 is 0 Å². The summed E-state index contributed by atoms with van der Waals surface area (Å²) in [6.07, 6.45) is 1.75. The van der Waals surface area contributed by atoms with Gasteiger partial charge in [-0.25, -0.2) is 15.0 Å². The number of rotatable bonds is 5. The van der Waals surface area contributed by atoms with Gasteiger partial charge in [0.25, 0.3) is 0 Å². The van der Waals surface area contributed by atoms with Crippen molar-refractivity contribution in [3.05, 3.63) is 146 Å². The van der Waals surface area contributed by atoms with E-state index in [1.54, 1.807) is 6.20 Å². The van der Waals surface area contributed by atoms with E-state index in [0.717, 1.165) is 44.2 Å². The van der Waals surface area contributed by atoms with Crippen molar-refractivity contribution in [3.8, 4) is 56.5 Å².